The first-order valence-corrected chi connectivity index (χ1v) is 8.65. The Labute approximate surface area is 147 Å². The number of hydrogen-bond acceptors (Lipinski definition) is 8. The number of carbonyl (C=O) groups is 3. The molecule has 3 heterocycles. The Morgan fingerprint density at radius 2 is 1.92 bits per heavy atom. The van der Waals surface area contributed by atoms with Crippen LogP contribution < -0.4 is 15.8 Å². The number of nitrogens with zero attached hydrogens (tertiary/aromatic N) is 4. The van der Waals surface area contributed by atoms with Crippen molar-refractivity contribution >= 4 is 39.9 Å². The molecule has 0 unspecified atom stereocenters. The van der Waals surface area contributed by atoms with E-state index in [1.165, 1.54) is 18.4 Å². The van der Waals surface area contributed by atoms with Gasteiger partial charge in [-0.3, -0.25) is 25.2 Å². The van der Waals surface area contributed by atoms with Gasteiger partial charge in [-0.25, -0.2) is 9.99 Å². The molecule has 3 amide bonds. The maximum Gasteiger partial charge on any atom is 0.289 e. The molecule has 10 nitrogen and oxygen atoms in total. The van der Waals surface area contributed by atoms with Gasteiger partial charge >= 0.3 is 0 Å². The van der Waals surface area contributed by atoms with Crippen molar-refractivity contribution in [3.05, 3.63) is 11.1 Å². The molecule has 2 N–H and O–H groups in total. The van der Waals surface area contributed by atoms with Gasteiger partial charge in [0.25, 0.3) is 11.8 Å². The van der Waals surface area contributed by atoms with Gasteiger partial charge < -0.3 is 9.64 Å². The number of amides is 3. The third kappa shape index (κ3) is 4.12. The lowest BCUT2D eigenvalue weighted by Crippen LogP contribution is -2.46. The van der Waals surface area contributed by atoms with Crippen molar-refractivity contribution < 1.29 is 19.1 Å². The summed E-state index contributed by atoms with van der Waals surface area (Å²) in [5, 5.41) is 7.39. The maximum atomic E-state index is 12.1. The van der Waals surface area contributed by atoms with Crippen LogP contribution in [0, 0.1) is 0 Å². The Morgan fingerprint density at radius 1 is 1.20 bits per heavy atom. The SMILES string of the molecule is CN1N=C(C(=O)NNC(=O)c2csc(N3CCOCC3)n2)CCC1=O. The number of hydrogen-bond donors (Lipinski definition) is 2. The van der Waals surface area contributed by atoms with Gasteiger partial charge in [-0.15, -0.1) is 11.3 Å². The van der Waals surface area contributed by atoms with E-state index in [1.807, 2.05) is 4.90 Å². The molecule has 3 rings (SSSR count). The standard InChI is InChI=1S/C14H18N6O4S/c1-19-11(21)3-2-9(18-19)12(22)16-17-13(23)10-8-25-14(15-10)20-4-6-24-7-5-20/h8H,2-7H2,1H3,(H,16,22)(H,17,23). The summed E-state index contributed by atoms with van der Waals surface area (Å²) in [5.41, 5.74) is 5.03. The lowest BCUT2D eigenvalue weighted by Gasteiger charge is -2.25. The van der Waals surface area contributed by atoms with Gasteiger partial charge in [-0.05, 0) is 0 Å². The van der Waals surface area contributed by atoms with Crippen LogP contribution in [0.25, 0.3) is 0 Å². The quantitative estimate of drug-likeness (QED) is 0.687. The van der Waals surface area contributed by atoms with Gasteiger partial charge in [0, 0.05) is 38.4 Å². The molecule has 0 aromatic carbocycles. The molecule has 25 heavy (non-hydrogen) atoms. The summed E-state index contributed by atoms with van der Waals surface area (Å²) in [7, 11) is 1.48. The number of hydrazine groups is 1. The van der Waals surface area contributed by atoms with Crippen molar-refractivity contribution in [3.63, 3.8) is 0 Å². The van der Waals surface area contributed by atoms with E-state index < -0.39 is 11.8 Å². The Balaban J connectivity index is 1.54. The van der Waals surface area contributed by atoms with Crippen molar-refractivity contribution in [2.45, 2.75) is 12.8 Å². The highest BCUT2D eigenvalue weighted by Crippen LogP contribution is 2.21. The number of nitrogens with one attached hydrogen (secondary N) is 2. The van der Waals surface area contributed by atoms with E-state index in [9.17, 15) is 14.4 Å². The molecule has 0 atom stereocenters. The second-order valence-corrected chi connectivity index (χ2v) is 6.32. The third-order valence-corrected chi connectivity index (χ3v) is 4.67. The van der Waals surface area contributed by atoms with E-state index in [2.05, 4.69) is 20.9 Å². The Bertz CT molecular complexity index is 712. The van der Waals surface area contributed by atoms with Gasteiger partial charge in [0.2, 0.25) is 5.91 Å². The summed E-state index contributed by atoms with van der Waals surface area (Å²) in [6.45, 7) is 2.74. The van der Waals surface area contributed by atoms with Crippen molar-refractivity contribution in [2.24, 2.45) is 5.10 Å². The fourth-order valence-corrected chi connectivity index (χ4v) is 3.21. The third-order valence-electron chi connectivity index (χ3n) is 3.77. The van der Waals surface area contributed by atoms with Crippen LogP contribution >= 0.6 is 11.3 Å². The molecule has 1 saturated heterocycles. The van der Waals surface area contributed by atoms with E-state index in [-0.39, 0.29) is 30.2 Å². The molecular formula is C14H18N6O4S. The van der Waals surface area contributed by atoms with E-state index >= 15 is 0 Å². The molecule has 2 aliphatic rings. The van der Waals surface area contributed by atoms with Gasteiger partial charge in [0.05, 0.1) is 13.2 Å². The topological polar surface area (TPSA) is 116 Å². The monoisotopic (exact) mass is 366 g/mol. The Hall–Kier alpha value is -2.53. The van der Waals surface area contributed by atoms with Crippen LogP contribution in [0.4, 0.5) is 5.13 Å². The molecule has 1 aromatic rings. The fourth-order valence-electron chi connectivity index (χ4n) is 2.35. The normalized spacial score (nSPS) is 18.0. The summed E-state index contributed by atoms with van der Waals surface area (Å²) in [4.78, 5) is 41.8. The summed E-state index contributed by atoms with van der Waals surface area (Å²) in [6, 6.07) is 0. The van der Waals surface area contributed by atoms with Crippen LogP contribution in [0.5, 0.6) is 0 Å². The number of aromatic nitrogens is 1. The zero-order valence-electron chi connectivity index (χ0n) is 13.7. The number of hydrazone groups is 1. The molecule has 0 radical (unpaired) electrons. The maximum absolute atomic E-state index is 12.1. The second kappa shape index (κ2) is 7.57. The van der Waals surface area contributed by atoms with Crippen LogP contribution in [0.3, 0.4) is 0 Å². The zero-order chi connectivity index (χ0) is 17.8. The molecule has 0 saturated carbocycles. The predicted molar refractivity (Wildman–Crippen MR) is 90.2 cm³/mol. The first kappa shape index (κ1) is 17.3. The summed E-state index contributed by atoms with van der Waals surface area (Å²) < 4.78 is 5.28. The van der Waals surface area contributed by atoms with Crippen molar-refractivity contribution in [2.75, 3.05) is 38.3 Å². The molecule has 134 valence electrons. The average Bonchev–Trinajstić information content (AvgIpc) is 3.12. The van der Waals surface area contributed by atoms with E-state index in [0.29, 0.717) is 13.2 Å². The highest BCUT2D eigenvalue weighted by atomic mass is 32.1. The van der Waals surface area contributed by atoms with E-state index in [0.717, 1.165) is 23.2 Å². The molecule has 0 bridgehead atoms. The highest BCUT2D eigenvalue weighted by Gasteiger charge is 2.23. The van der Waals surface area contributed by atoms with Gasteiger partial charge in [-0.1, -0.05) is 0 Å². The van der Waals surface area contributed by atoms with Crippen molar-refractivity contribution in [3.8, 4) is 0 Å². The minimum atomic E-state index is -0.545. The molecule has 0 aliphatic carbocycles. The Morgan fingerprint density at radius 3 is 2.64 bits per heavy atom. The van der Waals surface area contributed by atoms with Crippen LogP contribution in [0.2, 0.25) is 0 Å². The van der Waals surface area contributed by atoms with Crippen LogP contribution in [0.15, 0.2) is 10.5 Å². The molecule has 11 heteroatoms. The number of thiazole rings is 1. The molecule has 2 aliphatic heterocycles. The molecule has 1 aromatic heterocycles. The van der Waals surface area contributed by atoms with Gasteiger partial charge in [-0.2, -0.15) is 5.10 Å². The highest BCUT2D eigenvalue weighted by molar-refractivity contribution is 7.13. The van der Waals surface area contributed by atoms with Gasteiger partial charge in [0.1, 0.15) is 11.4 Å². The van der Waals surface area contributed by atoms with E-state index in [1.54, 1.807) is 5.38 Å². The average molecular weight is 366 g/mol. The van der Waals surface area contributed by atoms with Crippen LogP contribution in [-0.2, 0) is 14.3 Å². The molecule has 1 fully saturated rings. The fraction of sp³-hybridized carbons (Fsp3) is 0.500. The lowest BCUT2D eigenvalue weighted by molar-refractivity contribution is -0.130. The van der Waals surface area contributed by atoms with Crippen LogP contribution in [-0.4, -0.2) is 66.8 Å². The number of anilines is 1. The summed E-state index contributed by atoms with van der Waals surface area (Å²) >= 11 is 1.37. The predicted octanol–water partition coefficient (Wildman–Crippen LogP) is -0.651. The second-order valence-electron chi connectivity index (χ2n) is 5.49. The number of morpholine rings is 1. The lowest BCUT2D eigenvalue weighted by atomic mass is 10.1. The Kier molecular flexibility index (Phi) is 5.24. The summed E-state index contributed by atoms with van der Waals surface area (Å²) in [6.07, 6.45) is 0.453. The van der Waals surface area contributed by atoms with Crippen molar-refractivity contribution in [1.82, 2.24) is 20.8 Å². The van der Waals surface area contributed by atoms with E-state index in [4.69, 9.17) is 4.74 Å². The zero-order valence-corrected chi connectivity index (χ0v) is 14.5. The first-order chi connectivity index (χ1) is 12.0. The smallest absolute Gasteiger partial charge is 0.289 e. The van der Waals surface area contributed by atoms with Crippen LogP contribution in [0.1, 0.15) is 23.3 Å². The minimum Gasteiger partial charge on any atom is -0.378 e. The number of ether oxygens (including phenoxy) is 1. The largest absolute Gasteiger partial charge is 0.378 e. The van der Waals surface area contributed by atoms with Gasteiger partial charge in [0.15, 0.2) is 5.13 Å². The number of carbonyl (C=O) groups excluding carboxylic acids is 3. The number of rotatable bonds is 3. The molecule has 0 spiro atoms. The summed E-state index contributed by atoms with van der Waals surface area (Å²) in [5.74, 6) is -1.21. The minimum absolute atomic E-state index is 0.154. The van der Waals surface area contributed by atoms with Crippen molar-refractivity contribution in [1.29, 1.82) is 0 Å². The first-order valence-electron chi connectivity index (χ1n) is 7.77. The molecular weight excluding hydrogens is 348 g/mol.